The molecular formula is C36H51F3O. The van der Waals surface area contributed by atoms with Gasteiger partial charge in [-0.05, 0) is 72.2 Å². The lowest BCUT2D eigenvalue weighted by Crippen LogP contribution is -2.11. The largest absolute Gasteiger partial charge is 0.491 e. The minimum atomic E-state index is -1.25. The first-order valence-electron chi connectivity index (χ1n) is 14.1. The number of halogens is 3. The van der Waals surface area contributed by atoms with Crippen LogP contribution < -0.4 is 0 Å². The van der Waals surface area contributed by atoms with E-state index in [4.69, 9.17) is 4.74 Å². The van der Waals surface area contributed by atoms with Crippen molar-refractivity contribution < 1.29 is 17.9 Å². The number of allylic oxidation sites excluding steroid dienone is 12. The van der Waals surface area contributed by atoms with Crippen LogP contribution in [0.15, 0.2) is 121 Å². The first-order valence-corrected chi connectivity index (χ1v) is 14.1. The van der Waals surface area contributed by atoms with Crippen molar-refractivity contribution in [3.05, 3.63) is 121 Å². The number of hydrogen-bond donors (Lipinski definition) is 0. The Balaban J connectivity index is 5.04. The second-order valence-electron chi connectivity index (χ2n) is 11.1. The van der Waals surface area contributed by atoms with Crippen molar-refractivity contribution in [1.29, 1.82) is 0 Å². The molecule has 222 valence electrons. The average molecular weight is 557 g/mol. The van der Waals surface area contributed by atoms with Gasteiger partial charge in [0, 0.05) is 11.1 Å². The van der Waals surface area contributed by atoms with E-state index >= 15 is 0 Å². The van der Waals surface area contributed by atoms with Crippen molar-refractivity contribution >= 4 is 0 Å². The Labute approximate surface area is 242 Å². The highest BCUT2D eigenvalue weighted by Crippen LogP contribution is 2.30. The van der Waals surface area contributed by atoms with Crippen LogP contribution in [0.5, 0.6) is 0 Å². The molecule has 4 heteroatoms. The van der Waals surface area contributed by atoms with Crippen LogP contribution in [0.25, 0.3) is 0 Å². The summed E-state index contributed by atoms with van der Waals surface area (Å²) in [6, 6.07) is 0. The molecule has 0 aliphatic rings. The molecule has 0 spiro atoms. The molecule has 3 atom stereocenters. The second-order valence-corrected chi connectivity index (χ2v) is 11.1. The van der Waals surface area contributed by atoms with Crippen LogP contribution in [0.2, 0.25) is 0 Å². The van der Waals surface area contributed by atoms with Gasteiger partial charge >= 0.3 is 0 Å². The molecular weight excluding hydrogens is 505 g/mol. The summed E-state index contributed by atoms with van der Waals surface area (Å²) < 4.78 is 49.0. The molecule has 0 fully saturated rings. The first-order chi connectivity index (χ1) is 18.6. The molecule has 1 nitrogen and oxygen atoms in total. The van der Waals surface area contributed by atoms with Gasteiger partial charge in [-0.2, -0.15) is 4.39 Å². The third-order valence-electron chi connectivity index (χ3n) is 7.25. The van der Waals surface area contributed by atoms with Crippen LogP contribution >= 0.6 is 0 Å². The third kappa shape index (κ3) is 13.9. The topological polar surface area (TPSA) is 9.23 Å². The third-order valence-corrected chi connectivity index (χ3v) is 7.25. The Kier molecular flexibility index (Phi) is 17.7. The number of rotatable bonds is 21. The fraction of sp³-hybridized carbons (Fsp3) is 0.444. The van der Waals surface area contributed by atoms with Crippen molar-refractivity contribution in [1.82, 2.24) is 0 Å². The highest BCUT2D eigenvalue weighted by molar-refractivity contribution is 5.53. The number of ether oxygens (including phenoxy) is 1. The molecule has 0 aromatic heterocycles. The molecule has 0 heterocycles. The molecule has 0 rings (SSSR count). The maximum Gasteiger partial charge on any atom is 0.200 e. The summed E-state index contributed by atoms with van der Waals surface area (Å²) in [7, 11) is 0. The van der Waals surface area contributed by atoms with Crippen molar-refractivity contribution in [2.24, 2.45) is 23.7 Å². The molecule has 0 bridgehead atoms. The number of hydrogen-bond acceptors (Lipinski definition) is 1. The maximum absolute atomic E-state index is 14.9. The fourth-order valence-corrected chi connectivity index (χ4v) is 3.69. The zero-order chi connectivity index (χ0) is 31.0. The smallest absolute Gasteiger partial charge is 0.200 e. The quantitative estimate of drug-likeness (QED) is 0.0591. The van der Waals surface area contributed by atoms with Crippen molar-refractivity contribution in [2.45, 2.75) is 73.1 Å². The summed E-state index contributed by atoms with van der Waals surface area (Å²) in [6.45, 7) is 37.3. The van der Waals surface area contributed by atoms with Crippen molar-refractivity contribution in [3.8, 4) is 0 Å². The Morgan fingerprint density at radius 1 is 0.725 bits per heavy atom. The van der Waals surface area contributed by atoms with Crippen LogP contribution in [-0.4, -0.2) is 6.61 Å². The molecule has 0 N–H and O–H groups in total. The molecule has 0 aliphatic heterocycles. The van der Waals surface area contributed by atoms with Crippen molar-refractivity contribution in [2.75, 3.05) is 6.61 Å². The standard InChI is InChI=1S/C36H51F3O/c1-13-14-15-22-40-33(12)36(39)35(38)32(11)29(8)21-20-28(7)31(10)34(37)23-30(9)27(6)19-18-26(5)25(4)17-16-24(2)3/h13,20-21,23-27H,1,7-12,14-19,22H2,2-6H3/b21-20-,34-23+,36-35-. The molecule has 0 saturated heterocycles. The van der Waals surface area contributed by atoms with E-state index in [1.165, 1.54) is 31.1 Å². The van der Waals surface area contributed by atoms with Crippen molar-refractivity contribution in [3.63, 3.8) is 0 Å². The minimum Gasteiger partial charge on any atom is -0.491 e. The lowest BCUT2D eigenvalue weighted by Gasteiger charge is -2.22. The van der Waals surface area contributed by atoms with Gasteiger partial charge in [-0.1, -0.05) is 105 Å². The minimum absolute atomic E-state index is 0.0715. The zero-order valence-corrected chi connectivity index (χ0v) is 25.6. The molecule has 0 aromatic rings. The van der Waals surface area contributed by atoms with E-state index in [9.17, 15) is 13.2 Å². The van der Waals surface area contributed by atoms with Gasteiger partial charge in [0.2, 0.25) is 5.83 Å². The van der Waals surface area contributed by atoms with E-state index in [1.54, 1.807) is 6.08 Å². The summed E-state index contributed by atoms with van der Waals surface area (Å²) >= 11 is 0. The molecule has 0 saturated carbocycles. The van der Waals surface area contributed by atoms with E-state index in [-0.39, 0.29) is 34.8 Å². The van der Waals surface area contributed by atoms with Gasteiger partial charge in [0.05, 0.1) is 6.61 Å². The van der Waals surface area contributed by atoms with Gasteiger partial charge in [-0.3, -0.25) is 0 Å². The lowest BCUT2D eigenvalue weighted by molar-refractivity contribution is 0.205. The van der Waals surface area contributed by atoms with E-state index in [2.05, 4.69) is 73.7 Å². The van der Waals surface area contributed by atoms with E-state index in [1.807, 2.05) is 6.92 Å². The highest BCUT2D eigenvalue weighted by atomic mass is 19.2. The van der Waals surface area contributed by atoms with Gasteiger partial charge in [-0.25, -0.2) is 8.78 Å². The van der Waals surface area contributed by atoms with Crippen LogP contribution in [0, 0.1) is 23.7 Å². The summed E-state index contributed by atoms with van der Waals surface area (Å²) in [5, 5.41) is 0. The average Bonchev–Trinajstić information content (AvgIpc) is 2.92. The second kappa shape index (κ2) is 19.1. The Bertz CT molecular complexity index is 1030. The first kappa shape index (κ1) is 37.0. The van der Waals surface area contributed by atoms with E-state index in [0.29, 0.717) is 36.2 Å². The molecule has 3 unspecified atom stereocenters. The molecule has 40 heavy (non-hydrogen) atoms. The monoisotopic (exact) mass is 556 g/mol. The predicted molar refractivity (Wildman–Crippen MR) is 169 cm³/mol. The van der Waals surface area contributed by atoms with Gasteiger partial charge in [0.15, 0.2) is 11.6 Å². The highest BCUT2D eigenvalue weighted by Gasteiger charge is 2.17. The van der Waals surface area contributed by atoms with Gasteiger partial charge in [-0.15, -0.1) is 6.58 Å². The summed E-state index contributed by atoms with van der Waals surface area (Å²) in [6.07, 6.45) is 11.6. The van der Waals surface area contributed by atoms with Gasteiger partial charge < -0.3 is 4.74 Å². The van der Waals surface area contributed by atoms with E-state index in [0.717, 1.165) is 12.8 Å². The van der Waals surface area contributed by atoms with Gasteiger partial charge in [0.1, 0.15) is 5.83 Å². The SMILES string of the molecule is C=CCCCOC(=C)/C(F)=C(/F)C(=C)C(=C)/C=C\C(=C)C(=C)/C(F)=C\C(=C)C(C)CCC(C)C(C)CCC(C)C. The Morgan fingerprint density at radius 3 is 1.77 bits per heavy atom. The summed E-state index contributed by atoms with van der Waals surface area (Å²) in [4.78, 5) is 0. The van der Waals surface area contributed by atoms with E-state index < -0.39 is 23.2 Å². The predicted octanol–water partition coefficient (Wildman–Crippen LogP) is 11.9. The maximum atomic E-state index is 14.9. The van der Waals surface area contributed by atoms with Crippen LogP contribution in [0.3, 0.4) is 0 Å². The van der Waals surface area contributed by atoms with Crippen LogP contribution in [0.4, 0.5) is 13.2 Å². The van der Waals surface area contributed by atoms with Crippen LogP contribution in [0.1, 0.15) is 73.1 Å². The summed E-state index contributed by atoms with van der Waals surface area (Å²) in [5.41, 5.74) is 0.817. The zero-order valence-electron chi connectivity index (χ0n) is 25.6. The number of unbranched alkanes of at least 4 members (excludes halogenated alkanes) is 1. The van der Waals surface area contributed by atoms with Crippen LogP contribution in [-0.2, 0) is 4.74 Å². The van der Waals surface area contributed by atoms with Gasteiger partial charge in [0.25, 0.3) is 0 Å². The summed E-state index contributed by atoms with van der Waals surface area (Å²) in [5.74, 6) is -1.38. The normalized spacial score (nSPS) is 14.8. The molecule has 0 aromatic carbocycles. The molecule has 0 radical (unpaired) electrons. The Morgan fingerprint density at radius 2 is 1.25 bits per heavy atom. The molecule has 0 amide bonds. The Hall–Kier alpha value is -3.01. The lowest BCUT2D eigenvalue weighted by atomic mass is 9.83. The fourth-order valence-electron chi connectivity index (χ4n) is 3.69. The molecule has 0 aliphatic carbocycles.